The summed E-state index contributed by atoms with van der Waals surface area (Å²) in [5, 5.41) is 18.2. The van der Waals surface area contributed by atoms with E-state index in [9.17, 15) is 22.8 Å². The molecule has 170 valence electrons. The third kappa shape index (κ3) is 4.84. The maximum atomic E-state index is 13.0. The van der Waals surface area contributed by atoms with E-state index >= 15 is 0 Å². The highest BCUT2D eigenvalue weighted by Gasteiger charge is 2.35. The first kappa shape index (κ1) is 23.1. The van der Waals surface area contributed by atoms with Crippen molar-refractivity contribution in [3.63, 3.8) is 0 Å². The summed E-state index contributed by atoms with van der Waals surface area (Å²) < 4.78 is 39.0. The molecule has 1 aromatic carbocycles. The van der Waals surface area contributed by atoms with Gasteiger partial charge in [0.2, 0.25) is 5.91 Å². The van der Waals surface area contributed by atoms with E-state index < -0.39 is 35.4 Å². The molecule has 2 heterocycles. The van der Waals surface area contributed by atoms with E-state index in [0.717, 1.165) is 6.20 Å². The number of hydrogen-bond acceptors (Lipinski definition) is 7. The Labute approximate surface area is 178 Å². The highest BCUT2D eigenvalue weighted by Crippen LogP contribution is 2.29. The fourth-order valence-corrected chi connectivity index (χ4v) is 3.09. The van der Waals surface area contributed by atoms with Crippen LogP contribution in [-0.4, -0.2) is 73.2 Å². The minimum Gasteiger partial charge on any atom is -0.395 e. The number of fused-ring (bicyclic) bond motifs is 1. The van der Waals surface area contributed by atoms with E-state index in [0.29, 0.717) is 17.1 Å². The number of hydrogen-bond donors (Lipinski definition) is 4. The Morgan fingerprint density at radius 3 is 2.41 bits per heavy atom. The topological polar surface area (TPSA) is 158 Å². The highest BCUT2D eigenvalue weighted by atomic mass is 19.4. The molecule has 0 radical (unpaired) electrons. The number of nitrogens with one attached hydrogen (secondary N) is 1. The number of carbonyl (C=O) groups is 2. The maximum Gasteiger partial charge on any atom is 0.433 e. The van der Waals surface area contributed by atoms with E-state index in [4.69, 9.17) is 15.9 Å². The van der Waals surface area contributed by atoms with Gasteiger partial charge >= 0.3 is 6.18 Å². The van der Waals surface area contributed by atoms with Crippen LogP contribution in [-0.2, 0) is 11.0 Å². The van der Waals surface area contributed by atoms with Crippen molar-refractivity contribution in [2.24, 2.45) is 5.73 Å². The van der Waals surface area contributed by atoms with Crippen LogP contribution in [0.25, 0.3) is 11.0 Å². The molecule has 10 nitrogen and oxygen atoms in total. The van der Waals surface area contributed by atoms with E-state index in [-0.39, 0.29) is 37.7 Å². The van der Waals surface area contributed by atoms with Crippen LogP contribution in [0.2, 0.25) is 0 Å². The average molecular weight is 452 g/mol. The molecule has 3 rings (SSSR count). The Hall–Kier alpha value is -3.58. The van der Waals surface area contributed by atoms with Gasteiger partial charge in [0.1, 0.15) is 17.3 Å². The number of nitrogens with zero attached hydrogens (tertiary/aromatic N) is 4. The predicted octanol–water partition coefficient (Wildman–Crippen LogP) is 0.416. The van der Waals surface area contributed by atoms with E-state index in [1.807, 2.05) is 0 Å². The normalized spacial score (nSPS) is 12.7. The largest absolute Gasteiger partial charge is 0.433 e. The van der Waals surface area contributed by atoms with Crippen molar-refractivity contribution in [1.29, 1.82) is 0 Å². The van der Waals surface area contributed by atoms with Crippen molar-refractivity contribution >= 4 is 22.8 Å². The minimum absolute atomic E-state index is 0.0162. The minimum atomic E-state index is -4.74. The van der Waals surface area contributed by atoms with Gasteiger partial charge in [-0.1, -0.05) is 0 Å². The molecule has 3 aromatic rings. The highest BCUT2D eigenvalue weighted by molar-refractivity contribution is 5.97. The summed E-state index contributed by atoms with van der Waals surface area (Å²) in [5.74, 6) is -3.52. The summed E-state index contributed by atoms with van der Waals surface area (Å²) in [4.78, 5) is 40.1. The molecule has 0 aliphatic carbocycles. The van der Waals surface area contributed by atoms with Crippen molar-refractivity contribution < 1.29 is 33.0 Å². The Morgan fingerprint density at radius 1 is 1.12 bits per heavy atom. The average Bonchev–Trinajstić information content (AvgIpc) is 3.15. The number of aromatic amines is 1. The second-order valence-electron chi connectivity index (χ2n) is 6.73. The molecule has 13 heteroatoms. The molecular weight excluding hydrogens is 433 g/mol. The molecule has 2 amide bonds. The van der Waals surface area contributed by atoms with Gasteiger partial charge in [0.15, 0.2) is 5.92 Å². The lowest BCUT2D eigenvalue weighted by molar-refractivity contribution is -0.141. The SMILES string of the molecule is NC(=O)C(c1nccc(C(F)(F)F)n1)c1nc2ccc(C(=O)N(CCO)CCO)cc2[nH]1. The Bertz CT molecular complexity index is 1130. The summed E-state index contributed by atoms with van der Waals surface area (Å²) in [6.07, 6.45) is -3.87. The number of H-pyrrole nitrogens is 1. The van der Waals surface area contributed by atoms with Gasteiger partial charge in [-0.25, -0.2) is 15.0 Å². The van der Waals surface area contributed by atoms with Crippen LogP contribution in [0.15, 0.2) is 30.5 Å². The maximum absolute atomic E-state index is 13.0. The number of amides is 2. The Morgan fingerprint density at radius 2 is 1.81 bits per heavy atom. The lowest BCUT2D eigenvalue weighted by Gasteiger charge is -2.20. The fourth-order valence-electron chi connectivity index (χ4n) is 3.09. The van der Waals surface area contributed by atoms with Crippen LogP contribution in [0, 0.1) is 0 Å². The van der Waals surface area contributed by atoms with Crippen LogP contribution in [0.1, 0.15) is 33.6 Å². The van der Waals surface area contributed by atoms with Gasteiger partial charge in [-0.05, 0) is 24.3 Å². The summed E-state index contributed by atoms with van der Waals surface area (Å²) in [7, 11) is 0. The lowest BCUT2D eigenvalue weighted by atomic mass is 10.1. The molecule has 0 fully saturated rings. The molecule has 0 spiro atoms. The molecule has 32 heavy (non-hydrogen) atoms. The van der Waals surface area contributed by atoms with Crippen LogP contribution >= 0.6 is 0 Å². The number of aliphatic hydroxyl groups excluding tert-OH is 2. The number of carbonyl (C=O) groups excluding carboxylic acids is 2. The number of aromatic nitrogens is 4. The number of imidazole rings is 1. The number of nitrogens with two attached hydrogens (primary N) is 1. The predicted molar refractivity (Wildman–Crippen MR) is 104 cm³/mol. The van der Waals surface area contributed by atoms with Gasteiger partial charge in [-0.2, -0.15) is 13.2 Å². The van der Waals surface area contributed by atoms with Crippen LogP contribution in [0.5, 0.6) is 0 Å². The number of benzene rings is 1. The van der Waals surface area contributed by atoms with Crippen LogP contribution in [0.3, 0.4) is 0 Å². The zero-order chi connectivity index (χ0) is 23.5. The fraction of sp³-hybridized carbons (Fsp3) is 0.316. The van der Waals surface area contributed by atoms with Crippen LogP contribution < -0.4 is 5.73 Å². The molecular formula is C19H19F3N6O4. The Balaban J connectivity index is 1.99. The van der Waals surface area contributed by atoms with Crippen LogP contribution in [0.4, 0.5) is 13.2 Å². The van der Waals surface area contributed by atoms with Gasteiger partial charge in [0.05, 0.1) is 24.2 Å². The first-order valence-corrected chi connectivity index (χ1v) is 9.35. The summed E-state index contributed by atoms with van der Waals surface area (Å²) in [5.41, 5.74) is 5.02. The number of halogens is 3. The first-order valence-electron chi connectivity index (χ1n) is 9.35. The zero-order valence-electron chi connectivity index (χ0n) is 16.5. The molecule has 0 saturated carbocycles. The lowest BCUT2D eigenvalue weighted by Crippen LogP contribution is -2.35. The van der Waals surface area contributed by atoms with Crippen molar-refractivity contribution in [3.8, 4) is 0 Å². The number of rotatable bonds is 8. The van der Waals surface area contributed by atoms with E-state index in [2.05, 4.69) is 19.9 Å². The van der Waals surface area contributed by atoms with Crippen molar-refractivity contribution in [3.05, 3.63) is 53.4 Å². The second-order valence-corrected chi connectivity index (χ2v) is 6.73. The molecule has 0 saturated heterocycles. The monoisotopic (exact) mass is 452 g/mol. The smallest absolute Gasteiger partial charge is 0.395 e. The summed E-state index contributed by atoms with van der Waals surface area (Å²) in [6.45, 7) is -0.552. The number of aliphatic hydroxyl groups is 2. The molecule has 0 bridgehead atoms. The molecule has 0 aliphatic rings. The number of alkyl halides is 3. The third-order valence-corrected chi connectivity index (χ3v) is 4.55. The third-order valence-electron chi connectivity index (χ3n) is 4.55. The number of primary amides is 1. The van der Waals surface area contributed by atoms with Gasteiger partial charge in [-0.15, -0.1) is 0 Å². The van der Waals surface area contributed by atoms with Gasteiger partial charge in [0, 0.05) is 24.8 Å². The summed E-state index contributed by atoms with van der Waals surface area (Å²) in [6, 6.07) is 5.03. The van der Waals surface area contributed by atoms with Crippen molar-refractivity contribution in [1.82, 2.24) is 24.8 Å². The molecule has 0 aliphatic heterocycles. The van der Waals surface area contributed by atoms with Crippen molar-refractivity contribution in [2.75, 3.05) is 26.3 Å². The molecule has 5 N–H and O–H groups in total. The summed E-state index contributed by atoms with van der Waals surface area (Å²) >= 11 is 0. The second kappa shape index (κ2) is 9.28. The van der Waals surface area contributed by atoms with Gasteiger partial charge in [-0.3, -0.25) is 9.59 Å². The first-order chi connectivity index (χ1) is 15.2. The van der Waals surface area contributed by atoms with Gasteiger partial charge < -0.3 is 25.8 Å². The quantitative estimate of drug-likeness (QED) is 0.385. The molecule has 1 unspecified atom stereocenters. The molecule has 1 atom stereocenters. The standard InChI is InChI=1S/C19H19F3N6O4/c20-19(21,22)13-3-4-24-16(27-13)14(15(23)31)17-25-11-2-1-10(9-12(11)26-17)18(32)28(5-7-29)6-8-30/h1-4,9,14,29-30H,5-8H2,(H2,23,31)(H,25,26). The van der Waals surface area contributed by atoms with E-state index in [1.165, 1.54) is 23.1 Å². The Kier molecular flexibility index (Phi) is 6.69. The van der Waals surface area contributed by atoms with Crippen molar-refractivity contribution in [2.45, 2.75) is 12.1 Å². The molecule has 2 aromatic heterocycles. The van der Waals surface area contributed by atoms with E-state index in [1.54, 1.807) is 0 Å². The zero-order valence-corrected chi connectivity index (χ0v) is 16.5. The van der Waals surface area contributed by atoms with Gasteiger partial charge in [0.25, 0.3) is 5.91 Å².